The number of H-pyrrole nitrogens is 1. The van der Waals surface area contributed by atoms with Crippen LogP contribution in [0, 0.1) is 6.92 Å². The standard InChI is InChI=1S/C10H14N2O5.HI.H3P/c1-5-3-12(10(16)11-9(5)15)8-2-6(14)7(4-13)17-8;;/h3,6-8,13-14H,2,4H2,1H3,(H,11,15,16);1H;1H3/t6-,7+,8+;;/m0../s1. The molecule has 0 amide bonds. The van der Waals surface area contributed by atoms with Crippen LogP contribution < -0.4 is 11.2 Å². The number of nitrogens with one attached hydrogen (secondary N) is 1. The summed E-state index contributed by atoms with van der Waals surface area (Å²) < 4.78 is 6.54. The molecule has 3 N–H and O–H groups in total. The van der Waals surface area contributed by atoms with Crippen LogP contribution in [0.25, 0.3) is 0 Å². The molecule has 9 heteroatoms. The van der Waals surface area contributed by atoms with Gasteiger partial charge in [-0.2, -0.15) is 9.90 Å². The van der Waals surface area contributed by atoms with Gasteiger partial charge in [0.15, 0.2) is 0 Å². The number of nitrogens with zero attached hydrogens (tertiary/aromatic N) is 1. The number of aliphatic hydroxyl groups is 2. The number of hydrogen-bond acceptors (Lipinski definition) is 5. The summed E-state index contributed by atoms with van der Waals surface area (Å²) in [6.07, 6.45) is -0.581. The highest BCUT2D eigenvalue weighted by Crippen LogP contribution is 2.27. The van der Waals surface area contributed by atoms with Gasteiger partial charge in [0.2, 0.25) is 0 Å². The van der Waals surface area contributed by atoms with E-state index in [9.17, 15) is 14.7 Å². The molecule has 0 spiro atoms. The van der Waals surface area contributed by atoms with Crippen molar-refractivity contribution in [2.45, 2.75) is 31.8 Å². The zero-order valence-electron chi connectivity index (χ0n) is 10.4. The summed E-state index contributed by atoms with van der Waals surface area (Å²) in [5, 5.41) is 18.5. The van der Waals surface area contributed by atoms with Gasteiger partial charge in [-0.15, -0.1) is 24.0 Å². The van der Waals surface area contributed by atoms with Gasteiger partial charge in [0, 0.05) is 18.2 Å². The second-order valence-corrected chi connectivity index (χ2v) is 4.09. The third kappa shape index (κ3) is 3.85. The SMILES string of the molecule is Cc1cn([C@H]2C[C@H](O)[C@@H](CO)O2)c(=O)[nH]c1=O.I.P. The van der Waals surface area contributed by atoms with Crippen molar-refractivity contribution in [3.8, 4) is 0 Å². The number of rotatable bonds is 2. The van der Waals surface area contributed by atoms with Crippen LogP contribution in [-0.2, 0) is 4.74 Å². The largest absolute Gasteiger partial charge is 0.394 e. The van der Waals surface area contributed by atoms with E-state index in [2.05, 4.69) is 4.98 Å². The predicted octanol–water partition coefficient (Wildman–Crippen LogP) is -0.838. The lowest BCUT2D eigenvalue weighted by molar-refractivity contribution is -0.0459. The summed E-state index contributed by atoms with van der Waals surface area (Å²) in [5.41, 5.74) is -0.643. The molecule has 2 heterocycles. The van der Waals surface area contributed by atoms with E-state index in [0.717, 1.165) is 0 Å². The van der Waals surface area contributed by atoms with Crippen molar-refractivity contribution in [1.82, 2.24) is 9.55 Å². The van der Waals surface area contributed by atoms with Crippen molar-refractivity contribution in [1.29, 1.82) is 0 Å². The van der Waals surface area contributed by atoms with Crippen molar-refractivity contribution in [2.75, 3.05) is 6.61 Å². The van der Waals surface area contributed by atoms with Gasteiger partial charge < -0.3 is 14.9 Å². The minimum atomic E-state index is -0.816. The highest BCUT2D eigenvalue weighted by molar-refractivity contribution is 14.0. The van der Waals surface area contributed by atoms with Gasteiger partial charge >= 0.3 is 5.69 Å². The van der Waals surface area contributed by atoms with Crippen LogP contribution in [0.2, 0.25) is 0 Å². The molecule has 1 unspecified atom stereocenters. The van der Waals surface area contributed by atoms with E-state index >= 15 is 0 Å². The molecule has 110 valence electrons. The molecule has 19 heavy (non-hydrogen) atoms. The molecule has 4 atom stereocenters. The minimum absolute atomic E-state index is 0. The third-order valence-corrected chi connectivity index (χ3v) is 2.84. The van der Waals surface area contributed by atoms with Crippen molar-refractivity contribution in [2.24, 2.45) is 0 Å². The van der Waals surface area contributed by atoms with Gasteiger partial charge in [-0.1, -0.05) is 0 Å². The highest BCUT2D eigenvalue weighted by atomic mass is 127. The number of aryl methyl sites for hydroxylation is 1. The lowest BCUT2D eigenvalue weighted by atomic mass is 10.2. The van der Waals surface area contributed by atoms with Gasteiger partial charge in [0.1, 0.15) is 12.3 Å². The first-order valence-corrected chi connectivity index (χ1v) is 5.29. The summed E-state index contributed by atoms with van der Waals surface area (Å²) in [4.78, 5) is 24.9. The van der Waals surface area contributed by atoms with Crippen LogP contribution in [-0.4, -0.2) is 38.6 Å². The molecule has 1 fully saturated rings. The van der Waals surface area contributed by atoms with Crippen molar-refractivity contribution in [3.05, 3.63) is 32.6 Å². The van der Waals surface area contributed by atoms with Crippen LogP contribution in [0.4, 0.5) is 0 Å². The highest BCUT2D eigenvalue weighted by Gasteiger charge is 2.34. The lowest BCUT2D eigenvalue weighted by Crippen LogP contribution is -2.33. The van der Waals surface area contributed by atoms with Crippen LogP contribution >= 0.6 is 33.9 Å². The molecule has 1 aromatic heterocycles. The molecule has 7 nitrogen and oxygen atoms in total. The van der Waals surface area contributed by atoms with Crippen LogP contribution in [0.15, 0.2) is 15.8 Å². The van der Waals surface area contributed by atoms with E-state index in [1.54, 1.807) is 6.92 Å². The summed E-state index contributed by atoms with van der Waals surface area (Å²) in [5.74, 6) is 0. The number of aliphatic hydroxyl groups excluding tert-OH is 2. The van der Waals surface area contributed by atoms with E-state index in [1.807, 2.05) is 0 Å². The Hall–Kier alpha value is -0.280. The Morgan fingerprint density at radius 2 is 2.16 bits per heavy atom. The topological polar surface area (TPSA) is 105 Å². The maximum absolute atomic E-state index is 11.6. The van der Waals surface area contributed by atoms with Crippen molar-refractivity contribution >= 4 is 33.9 Å². The average molecular weight is 404 g/mol. The Kier molecular flexibility index (Phi) is 7.38. The summed E-state index contributed by atoms with van der Waals surface area (Å²) in [7, 11) is 0. The molecule has 0 bridgehead atoms. The van der Waals surface area contributed by atoms with E-state index in [4.69, 9.17) is 9.84 Å². The van der Waals surface area contributed by atoms with E-state index < -0.39 is 29.7 Å². The van der Waals surface area contributed by atoms with Crippen LogP contribution in [0.5, 0.6) is 0 Å². The molecule has 1 aliphatic rings. The molecule has 0 radical (unpaired) electrons. The molecule has 2 rings (SSSR count). The minimum Gasteiger partial charge on any atom is -0.394 e. The molecular weight excluding hydrogens is 386 g/mol. The Morgan fingerprint density at radius 3 is 2.68 bits per heavy atom. The smallest absolute Gasteiger partial charge is 0.330 e. The zero-order valence-corrected chi connectivity index (χ0v) is 14.1. The van der Waals surface area contributed by atoms with E-state index in [1.165, 1.54) is 10.8 Å². The normalized spacial score (nSPS) is 25.5. The molecular formula is C10H18IN2O5P. The number of aromatic nitrogens is 2. The average Bonchev–Trinajstić information content (AvgIpc) is 2.65. The van der Waals surface area contributed by atoms with Crippen LogP contribution in [0.3, 0.4) is 0 Å². The van der Waals surface area contributed by atoms with Gasteiger partial charge in [0.05, 0.1) is 12.7 Å². The van der Waals surface area contributed by atoms with Gasteiger partial charge in [-0.05, 0) is 6.92 Å². The quantitative estimate of drug-likeness (QED) is 0.441. The Labute approximate surface area is 129 Å². The fourth-order valence-corrected chi connectivity index (χ4v) is 1.85. The second-order valence-electron chi connectivity index (χ2n) is 4.09. The fraction of sp³-hybridized carbons (Fsp3) is 0.600. The van der Waals surface area contributed by atoms with E-state index in [0.29, 0.717) is 5.56 Å². The maximum atomic E-state index is 11.6. The van der Waals surface area contributed by atoms with Crippen LogP contribution in [0.1, 0.15) is 18.2 Å². The lowest BCUT2D eigenvalue weighted by Gasteiger charge is -2.14. The summed E-state index contributed by atoms with van der Waals surface area (Å²) >= 11 is 0. The maximum Gasteiger partial charge on any atom is 0.330 e. The number of halogens is 1. The van der Waals surface area contributed by atoms with Gasteiger partial charge in [0.25, 0.3) is 5.56 Å². The first-order chi connectivity index (χ1) is 8.02. The molecule has 0 aliphatic carbocycles. The number of aromatic amines is 1. The van der Waals surface area contributed by atoms with Crippen molar-refractivity contribution < 1.29 is 14.9 Å². The first kappa shape index (κ1) is 18.7. The molecule has 1 saturated heterocycles. The number of hydrogen-bond donors (Lipinski definition) is 3. The van der Waals surface area contributed by atoms with Crippen molar-refractivity contribution in [3.63, 3.8) is 0 Å². The second kappa shape index (κ2) is 7.49. The summed E-state index contributed by atoms with van der Waals surface area (Å²) in [6.45, 7) is 1.26. The monoisotopic (exact) mass is 404 g/mol. The molecule has 1 aromatic rings. The zero-order chi connectivity index (χ0) is 12.6. The predicted molar refractivity (Wildman–Crippen MR) is 84.2 cm³/mol. The Bertz CT molecular complexity index is 531. The Balaban J connectivity index is 0.00000162. The van der Waals surface area contributed by atoms with Gasteiger partial charge in [-0.3, -0.25) is 14.3 Å². The first-order valence-electron chi connectivity index (χ1n) is 5.29. The van der Waals surface area contributed by atoms with E-state index in [-0.39, 0.29) is 46.9 Å². The Morgan fingerprint density at radius 1 is 1.53 bits per heavy atom. The fourth-order valence-electron chi connectivity index (χ4n) is 1.85. The third-order valence-electron chi connectivity index (χ3n) is 2.84. The summed E-state index contributed by atoms with van der Waals surface area (Å²) in [6, 6.07) is 0. The molecule has 1 aliphatic heterocycles. The number of ether oxygens (including phenoxy) is 1. The molecule has 0 saturated carbocycles. The molecule has 0 aromatic carbocycles. The van der Waals surface area contributed by atoms with Gasteiger partial charge in [-0.25, -0.2) is 4.79 Å².